The summed E-state index contributed by atoms with van der Waals surface area (Å²) in [6.45, 7) is 2.50. The molecule has 3 aliphatic heterocycles. The number of carboxylic acid groups (broad SMARTS) is 3. The van der Waals surface area contributed by atoms with Crippen LogP contribution in [0.15, 0.2) is 97.5 Å². The highest BCUT2D eigenvalue weighted by atomic mass is 32.2. The molecule has 4 aromatic rings. The molecule has 0 radical (unpaired) electrons. The van der Waals surface area contributed by atoms with Crippen LogP contribution in [-0.4, -0.2) is 275 Å². The fourth-order valence-corrected chi connectivity index (χ4v) is 16.1. The molecule has 2 bridgehead atoms. The van der Waals surface area contributed by atoms with Crippen molar-refractivity contribution in [1.29, 1.82) is 5.41 Å². The predicted molar refractivity (Wildman–Crippen MR) is 442 cm³/mol. The lowest BCUT2D eigenvalue weighted by molar-refractivity contribution is -0.148. The third-order valence-electron chi connectivity index (χ3n) is 19.8. The van der Waals surface area contributed by atoms with Gasteiger partial charge in [-0.25, -0.2) is 4.98 Å². The number of thioether (sulfide) groups is 3. The average molecular weight is 1740 g/mol. The summed E-state index contributed by atoms with van der Waals surface area (Å²) in [6.07, 6.45) is -1.15. The van der Waals surface area contributed by atoms with Crippen LogP contribution in [0, 0.1) is 5.41 Å². The second-order valence-corrected chi connectivity index (χ2v) is 32.2. The minimum absolute atomic E-state index is 0.0119. The van der Waals surface area contributed by atoms with Crippen molar-refractivity contribution in [2.75, 3.05) is 43.1 Å². The predicted octanol–water partition coefficient (Wildman–Crippen LogP) is -3.35. The van der Waals surface area contributed by atoms with E-state index in [-0.39, 0.29) is 87.5 Å². The molecule has 0 unspecified atom stereocenters. The Bertz CT molecular complexity index is 4330. The van der Waals surface area contributed by atoms with Crippen LogP contribution in [0.3, 0.4) is 0 Å². The van der Waals surface area contributed by atoms with Crippen LogP contribution in [0.1, 0.15) is 112 Å². The summed E-state index contributed by atoms with van der Waals surface area (Å²) in [5.41, 5.74) is 13.2. The third kappa shape index (κ3) is 31.3. The molecule has 14 atom stereocenters. The minimum Gasteiger partial charge on any atom is -0.481 e. The van der Waals surface area contributed by atoms with E-state index in [1.165, 1.54) is 52.8 Å². The Morgan fingerprint density at radius 2 is 1.16 bits per heavy atom. The summed E-state index contributed by atoms with van der Waals surface area (Å²) in [7, 11) is 0. The fourth-order valence-electron chi connectivity index (χ4n) is 13.6. The Hall–Kier alpha value is -11.9. The van der Waals surface area contributed by atoms with E-state index in [1.54, 1.807) is 84.9 Å². The summed E-state index contributed by atoms with van der Waals surface area (Å²) in [5.74, 6) is -18.5. The first-order valence-electron chi connectivity index (χ1n) is 39.1. The van der Waals surface area contributed by atoms with Gasteiger partial charge in [0.05, 0.1) is 31.0 Å². The number of carbonyl (C=O) groups excluding carboxylic acids is 14. The monoisotopic (exact) mass is 1740 g/mol. The van der Waals surface area contributed by atoms with E-state index in [2.05, 4.69) is 73.8 Å². The lowest BCUT2D eigenvalue weighted by atomic mass is 10.0. The zero-order chi connectivity index (χ0) is 88.4. The smallest absolute Gasteiger partial charge is 0.305 e. The molecule has 2 fully saturated rings. The molecule has 40 nitrogen and oxygen atoms in total. The van der Waals surface area contributed by atoms with Gasteiger partial charge in [0.2, 0.25) is 82.7 Å². The molecule has 0 aliphatic carbocycles. The molecule has 7 rings (SSSR count). The van der Waals surface area contributed by atoms with Crippen LogP contribution >= 0.6 is 35.3 Å². The van der Waals surface area contributed by atoms with E-state index in [9.17, 15) is 87.5 Å². The molecule has 121 heavy (non-hydrogen) atoms. The van der Waals surface area contributed by atoms with Crippen molar-refractivity contribution in [2.45, 2.75) is 200 Å². The number of carbonyl (C=O) groups is 17. The SMILES string of the molecule is CSCC[C@H](NC(C)=O)C(=O)N[C@H]1CSCc2cccc(c2)CSC[C@@H](C(=O)N[C@@H](CC(=O)O)C(=O)N[C@@H](Cc2c[nH]cn2)C(=O)N[C@H](Cc2ccccc2)C(=O)N[C@@H](CCCNC(=N)N)C(=O)N[C@@H](CC(=O)O)C(N)=O)NC(=O)[C@H](Cc2ccccc2)NC(=O)[C@H](CCC(=O)O)NC(=O)[C@H]([C@@H](C)O)NC(=O)[C@@H]2CCCN2C(=O)[C@@H]2CCCN2C1=O. The van der Waals surface area contributed by atoms with E-state index in [0.717, 1.165) is 18.7 Å². The normalized spacial score (nSPS) is 20.7. The molecule has 43 heteroatoms. The Kier molecular flexibility index (Phi) is 38.5. The number of guanidine groups is 1. The number of imidazole rings is 1. The van der Waals surface area contributed by atoms with Gasteiger partial charge in [0.25, 0.3) is 0 Å². The number of H-pyrrole nitrogens is 1. The zero-order valence-corrected chi connectivity index (χ0v) is 69.3. The number of rotatable bonds is 35. The first kappa shape index (κ1) is 96.3. The molecule has 3 aromatic carbocycles. The number of nitrogens with two attached hydrogens (primary N) is 2. The summed E-state index contributed by atoms with van der Waals surface area (Å²) < 4.78 is 0. The number of benzene rings is 3. The van der Waals surface area contributed by atoms with Crippen LogP contribution in [-0.2, 0) is 112 Å². The third-order valence-corrected chi connectivity index (χ3v) is 22.6. The van der Waals surface area contributed by atoms with Crippen molar-refractivity contribution in [3.05, 3.63) is 125 Å². The van der Waals surface area contributed by atoms with Gasteiger partial charge >= 0.3 is 17.9 Å². The first-order valence-corrected chi connectivity index (χ1v) is 42.8. The lowest BCUT2D eigenvalue weighted by Gasteiger charge is -2.34. The largest absolute Gasteiger partial charge is 0.481 e. The van der Waals surface area contributed by atoms with Crippen molar-refractivity contribution in [3.63, 3.8) is 0 Å². The maximum atomic E-state index is 15.2. The van der Waals surface area contributed by atoms with Gasteiger partial charge in [-0.2, -0.15) is 35.3 Å². The van der Waals surface area contributed by atoms with Crippen molar-refractivity contribution in [2.24, 2.45) is 11.5 Å². The van der Waals surface area contributed by atoms with Gasteiger partial charge in [-0.05, 0) is 92.6 Å². The second-order valence-electron chi connectivity index (χ2n) is 29.2. The number of aliphatic hydroxyl groups is 1. The molecule has 22 N–H and O–H groups in total. The highest BCUT2D eigenvalue weighted by molar-refractivity contribution is 7.99. The van der Waals surface area contributed by atoms with Crippen molar-refractivity contribution in [3.8, 4) is 0 Å². The van der Waals surface area contributed by atoms with Crippen molar-refractivity contribution in [1.82, 2.24) is 83.6 Å². The number of hydrogen-bond acceptors (Lipinski definition) is 23. The standard InChI is InChI=1S/C78H105N19O21S3/c1-42(98)64-75(116)87-50(23-24-61(100)101)67(108)89-54(32-45-16-8-5-9-17-45)70(111)93-57(39-120-37-46-18-10-19-47(30-46)38-121-40-58(94-68(109)51(25-29-119-3)85-43(2)99)76(117)97-28-13-22-60(97)77(118)96-27-12-21-59(96)74(115)95-64)73(114)92-56(35-63(104)105)72(113)91-55(33-48-36-82-41-84-48)71(112)90-53(31-44-14-6-4-7-15-44)69(110)86-49(20-11-26-83-78(80)81)66(107)88-52(65(79)106)34-62(102)103/h4-10,14-19,30,36,41-42,49-60,64,98H,11-13,20-29,31-35,37-40H2,1-3H3,(H2,79,106)(H,82,84)(H,85,99)(H,86,110)(H,87,116)(H,88,107)(H,89,108)(H,90,112)(H,91,113)(H,92,114)(H,93,111)(H,94,109)(H,95,115)(H,100,101)(H,102,103)(H,104,105)(H4,80,81,83)/t42-,49+,50+,51+,52+,53-,54+,55+,56+,57+,58+,59+,60+,64+/m1/s1. The molecular formula is C78H105N19O21S3. The second kappa shape index (κ2) is 48.4. The number of nitrogens with one attached hydrogen (secondary N) is 14. The van der Waals surface area contributed by atoms with Crippen molar-refractivity contribution < 1.29 is 102 Å². The zero-order valence-electron chi connectivity index (χ0n) is 66.8. The molecule has 1 aromatic heterocycles. The van der Waals surface area contributed by atoms with Crippen LogP contribution in [0.2, 0.25) is 0 Å². The highest BCUT2D eigenvalue weighted by Crippen LogP contribution is 2.28. The average Bonchev–Trinajstić information content (AvgIpc) is 1.67. The first-order chi connectivity index (χ1) is 57.7. The van der Waals surface area contributed by atoms with Crippen LogP contribution < -0.4 is 75.3 Å². The summed E-state index contributed by atoms with van der Waals surface area (Å²) >= 11 is 3.73. The molecule has 0 saturated carbocycles. The Morgan fingerprint density at radius 3 is 1.74 bits per heavy atom. The summed E-state index contributed by atoms with van der Waals surface area (Å²) in [5, 5.41) is 79.0. The van der Waals surface area contributed by atoms with E-state index >= 15 is 14.4 Å². The molecule has 0 spiro atoms. The number of hydrogen-bond donors (Lipinski definition) is 20. The molecule has 2 saturated heterocycles. The molecular weight excluding hydrogens is 1640 g/mol. The molecule has 656 valence electrons. The van der Waals surface area contributed by atoms with Crippen molar-refractivity contribution >= 4 is 142 Å². The van der Waals surface area contributed by atoms with Gasteiger partial charge < -0.3 is 110 Å². The number of primary amides is 1. The van der Waals surface area contributed by atoms with Crippen LogP contribution in [0.4, 0.5) is 0 Å². The van der Waals surface area contributed by atoms with Crippen LogP contribution in [0.5, 0.6) is 0 Å². The molecule has 14 amide bonds. The summed E-state index contributed by atoms with van der Waals surface area (Å²) in [4.78, 5) is 248. The molecule has 3 aliphatic rings. The Morgan fingerprint density at radius 1 is 0.603 bits per heavy atom. The maximum absolute atomic E-state index is 15.2. The molecule has 4 heterocycles. The minimum atomic E-state index is -2.11. The highest BCUT2D eigenvalue weighted by Gasteiger charge is 2.46. The number of aliphatic carboxylic acids is 3. The number of nitrogens with zero attached hydrogens (tertiary/aromatic N) is 3. The van der Waals surface area contributed by atoms with Crippen LogP contribution in [0.25, 0.3) is 0 Å². The number of aliphatic hydroxyl groups excluding tert-OH is 1. The van der Waals surface area contributed by atoms with E-state index in [0.29, 0.717) is 40.8 Å². The van der Waals surface area contributed by atoms with Gasteiger partial charge in [0.1, 0.15) is 78.5 Å². The van der Waals surface area contributed by atoms with Gasteiger partial charge in [-0.1, -0.05) is 84.9 Å². The fraction of sp³-hybridized carbons (Fsp3) is 0.500. The van der Waals surface area contributed by atoms with Gasteiger partial charge in [0, 0.05) is 81.4 Å². The number of amides is 14. The van der Waals surface area contributed by atoms with E-state index in [4.69, 9.17) is 16.9 Å². The lowest BCUT2D eigenvalue weighted by Crippen LogP contribution is -2.62. The summed E-state index contributed by atoms with van der Waals surface area (Å²) in [6, 6.07) is 2.39. The van der Waals surface area contributed by atoms with E-state index in [1.807, 2.05) is 6.26 Å². The topological polar surface area (TPSA) is 627 Å². The van der Waals surface area contributed by atoms with E-state index < -0.39 is 229 Å². The Balaban J connectivity index is 1.25. The quantitative estimate of drug-likeness (QED) is 0.0122. The number of aromatic amines is 1. The number of carboxylic acids is 3. The number of aromatic nitrogens is 2. The Labute approximate surface area is 709 Å². The van der Waals surface area contributed by atoms with Gasteiger partial charge in [-0.15, -0.1) is 0 Å². The maximum Gasteiger partial charge on any atom is 0.305 e. The van der Waals surface area contributed by atoms with Gasteiger partial charge in [-0.3, -0.25) is 86.9 Å². The number of fused-ring (bicyclic) bond motifs is 4. The van der Waals surface area contributed by atoms with Gasteiger partial charge in [0.15, 0.2) is 5.96 Å².